The van der Waals surface area contributed by atoms with Crippen LogP contribution >= 0.6 is 34.8 Å². The number of rotatable bonds is 6. The van der Waals surface area contributed by atoms with E-state index in [0.717, 1.165) is 17.5 Å². The van der Waals surface area contributed by atoms with Crippen molar-refractivity contribution in [3.63, 3.8) is 0 Å². The van der Waals surface area contributed by atoms with Gasteiger partial charge in [-0.25, -0.2) is 0 Å². The highest BCUT2D eigenvalue weighted by atomic mass is 35.5. The van der Waals surface area contributed by atoms with Crippen LogP contribution < -0.4 is 4.74 Å². The summed E-state index contributed by atoms with van der Waals surface area (Å²) in [5.74, 6) is 1.28. The van der Waals surface area contributed by atoms with Gasteiger partial charge in [-0.1, -0.05) is 35.3 Å². The summed E-state index contributed by atoms with van der Waals surface area (Å²) < 4.78 is 5.55. The van der Waals surface area contributed by atoms with E-state index in [4.69, 9.17) is 39.5 Å². The van der Waals surface area contributed by atoms with Gasteiger partial charge in [-0.15, -0.1) is 11.6 Å². The molecule has 0 radical (unpaired) electrons. The summed E-state index contributed by atoms with van der Waals surface area (Å²) in [5.41, 5.74) is 2.05. The third-order valence-electron chi connectivity index (χ3n) is 2.93. The second kappa shape index (κ2) is 7.79. The average molecular weight is 346 g/mol. The molecule has 2 aromatic rings. The Hall–Kier alpha value is -1.09. The number of alkyl halides is 1. The largest absolute Gasteiger partial charge is 0.508 e. The van der Waals surface area contributed by atoms with E-state index in [0.29, 0.717) is 34.7 Å². The van der Waals surface area contributed by atoms with Crippen LogP contribution in [0.15, 0.2) is 36.4 Å². The van der Waals surface area contributed by atoms with Crippen LogP contribution in [0.5, 0.6) is 11.5 Å². The summed E-state index contributed by atoms with van der Waals surface area (Å²) in [4.78, 5) is 0. The first-order valence-corrected chi connectivity index (χ1v) is 7.84. The number of benzene rings is 2. The molecule has 0 heterocycles. The summed E-state index contributed by atoms with van der Waals surface area (Å²) in [6, 6.07) is 10.7. The minimum Gasteiger partial charge on any atom is -0.508 e. The van der Waals surface area contributed by atoms with Gasteiger partial charge in [-0.3, -0.25) is 0 Å². The summed E-state index contributed by atoms with van der Waals surface area (Å²) in [7, 11) is 0. The molecule has 0 fully saturated rings. The van der Waals surface area contributed by atoms with Gasteiger partial charge in [0.05, 0.1) is 16.7 Å². The van der Waals surface area contributed by atoms with Gasteiger partial charge in [0.25, 0.3) is 0 Å². The third-order valence-corrected chi connectivity index (χ3v) is 3.76. The first kappa shape index (κ1) is 16.3. The van der Waals surface area contributed by atoms with E-state index in [1.807, 2.05) is 24.3 Å². The van der Waals surface area contributed by atoms with Crippen molar-refractivity contribution in [2.45, 2.75) is 12.8 Å². The van der Waals surface area contributed by atoms with Crippen LogP contribution in [0.3, 0.4) is 0 Å². The van der Waals surface area contributed by atoms with Gasteiger partial charge in [-0.05, 0) is 48.2 Å². The second-order valence-electron chi connectivity index (χ2n) is 4.62. The van der Waals surface area contributed by atoms with Gasteiger partial charge in [0.1, 0.15) is 5.75 Å². The maximum Gasteiger partial charge on any atom is 0.156 e. The molecule has 5 heteroatoms. The first-order chi connectivity index (χ1) is 10.1. The monoisotopic (exact) mass is 344 g/mol. The Morgan fingerprint density at radius 2 is 1.57 bits per heavy atom. The second-order valence-corrected chi connectivity index (χ2v) is 5.82. The van der Waals surface area contributed by atoms with Gasteiger partial charge >= 0.3 is 0 Å². The van der Waals surface area contributed by atoms with Crippen LogP contribution in [-0.4, -0.2) is 17.6 Å². The van der Waals surface area contributed by atoms with Gasteiger partial charge in [0.2, 0.25) is 0 Å². The molecule has 112 valence electrons. The van der Waals surface area contributed by atoms with Gasteiger partial charge < -0.3 is 9.84 Å². The van der Waals surface area contributed by atoms with Gasteiger partial charge in [0.15, 0.2) is 5.75 Å². The number of phenols is 1. The van der Waals surface area contributed by atoms with Crippen LogP contribution in [0.25, 0.3) is 0 Å². The average Bonchev–Trinajstić information content (AvgIpc) is 2.44. The minimum atomic E-state index is 0.248. The molecule has 0 aliphatic rings. The Balaban J connectivity index is 2.13. The molecular formula is C16H15Cl3O2. The van der Waals surface area contributed by atoms with E-state index in [-0.39, 0.29) is 5.75 Å². The van der Waals surface area contributed by atoms with Gasteiger partial charge in [0, 0.05) is 5.88 Å². The molecule has 0 aliphatic heterocycles. The Labute approximate surface area is 139 Å². The number of halogens is 3. The molecule has 0 saturated carbocycles. The molecule has 0 unspecified atom stereocenters. The number of aromatic hydroxyl groups is 1. The molecule has 2 rings (SSSR count). The predicted octanol–water partition coefficient (Wildman–Crippen LogP) is 5.30. The van der Waals surface area contributed by atoms with Gasteiger partial charge in [-0.2, -0.15) is 0 Å². The third kappa shape index (κ3) is 4.70. The highest BCUT2D eigenvalue weighted by Gasteiger charge is 2.10. The quantitative estimate of drug-likeness (QED) is 0.569. The molecule has 0 spiro atoms. The standard InChI is InChI=1S/C16H15Cl3O2/c17-6-1-7-21-16-14(18)9-12(10-15(16)19)8-11-2-4-13(20)5-3-11/h2-5,9-10,20H,1,6-8H2. The van der Waals surface area contributed by atoms with E-state index < -0.39 is 0 Å². The van der Waals surface area contributed by atoms with Crippen molar-refractivity contribution in [1.29, 1.82) is 0 Å². The molecule has 0 aromatic heterocycles. The lowest BCUT2D eigenvalue weighted by molar-refractivity contribution is 0.318. The lowest BCUT2D eigenvalue weighted by Gasteiger charge is -2.11. The maximum absolute atomic E-state index is 9.28. The van der Waals surface area contributed by atoms with Crippen molar-refractivity contribution in [2.24, 2.45) is 0 Å². The smallest absolute Gasteiger partial charge is 0.156 e. The van der Waals surface area contributed by atoms with E-state index >= 15 is 0 Å². The Kier molecular flexibility index (Phi) is 6.04. The van der Waals surface area contributed by atoms with E-state index in [1.165, 1.54) is 0 Å². The zero-order chi connectivity index (χ0) is 15.2. The lowest BCUT2D eigenvalue weighted by Crippen LogP contribution is -2.00. The molecule has 0 aliphatic carbocycles. The lowest BCUT2D eigenvalue weighted by atomic mass is 10.0. The number of hydrogen-bond acceptors (Lipinski definition) is 2. The molecular weight excluding hydrogens is 331 g/mol. The fraction of sp³-hybridized carbons (Fsp3) is 0.250. The summed E-state index contributed by atoms with van der Waals surface area (Å²) in [5, 5.41) is 10.3. The van der Waals surface area contributed by atoms with Crippen molar-refractivity contribution < 1.29 is 9.84 Å². The molecule has 21 heavy (non-hydrogen) atoms. The van der Waals surface area contributed by atoms with Crippen molar-refractivity contribution >= 4 is 34.8 Å². The SMILES string of the molecule is Oc1ccc(Cc2cc(Cl)c(OCCCCl)c(Cl)c2)cc1. The van der Waals surface area contributed by atoms with Crippen LogP contribution in [0.1, 0.15) is 17.5 Å². The molecule has 0 saturated heterocycles. The first-order valence-electron chi connectivity index (χ1n) is 6.54. The van der Waals surface area contributed by atoms with E-state index in [9.17, 15) is 5.11 Å². The Bertz CT molecular complexity index is 574. The molecule has 0 bridgehead atoms. The summed E-state index contributed by atoms with van der Waals surface area (Å²) in [6.07, 6.45) is 1.42. The molecule has 0 amide bonds. The Morgan fingerprint density at radius 3 is 2.14 bits per heavy atom. The minimum absolute atomic E-state index is 0.248. The maximum atomic E-state index is 9.28. The van der Waals surface area contributed by atoms with Crippen LogP contribution in [0.4, 0.5) is 0 Å². The summed E-state index contributed by atoms with van der Waals surface area (Å²) >= 11 is 18.1. The topological polar surface area (TPSA) is 29.5 Å². The summed E-state index contributed by atoms with van der Waals surface area (Å²) in [6.45, 7) is 0.486. The van der Waals surface area contributed by atoms with Crippen molar-refractivity contribution in [1.82, 2.24) is 0 Å². The molecule has 1 N–H and O–H groups in total. The number of hydrogen-bond donors (Lipinski definition) is 1. The predicted molar refractivity (Wildman–Crippen MR) is 88.2 cm³/mol. The highest BCUT2D eigenvalue weighted by Crippen LogP contribution is 2.35. The fourth-order valence-corrected chi connectivity index (χ4v) is 2.68. The van der Waals surface area contributed by atoms with Crippen molar-refractivity contribution in [3.8, 4) is 11.5 Å². The zero-order valence-electron chi connectivity index (χ0n) is 11.3. The van der Waals surface area contributed by atoms with Crippen LogP contribution in [0, 0.1) is 0 Å². The van der Waals surface area contributed by atoms with E-state index in [2.05, 4.69) is 0 Å². The molecule has 0 atom stereocenters. The van der Waals surface area contributed by atoms with Crippen molar-refractivity contribution in [3.05, 3.63) is 57.6 Å². The molecule has 2 aromatic carbocycles. The highest BCUT2D eigenvalue weighted by molar-refractivity contribution is 6.37. The fourth-order valence-electron chi connectivity index (χ4n) is 1.93. The Morgan fingerprint density at radius 1 is 0.952 bits per heavy atom. The van der Waals surface area contributed by atoms with Crippen LogP contribution in [0.2, 0.25) is 10.0 Å². The van der Waals surface area contributed by atoms with Crippen molar-refractivity contribution in [2.75, 3.05) is 12.5 Å². The normalized spacial score (nSPS) is 10.6. The zero-order valence-corrected chi connectivity index (χ0v) is 13.5. The van der Waals surface area contributed by atoms with Crippen LogP contribution in [-0.2, 0) is 6.42 Å². The number of ether oxygens (including phenoxy) is 1. The molecule has 2 nitrogen and oxygen atoms in total. The van der Waals surface area contributed by atoms with E-state index in [1.54, 1.807) is 12.1 Å². The number of phenolic OH excluding ortho intramolecular Hbond substituents is 1.